The molecule has 1 aromatic carbocycles. The molecule has 5 heteroatoms. The molecule has 0 unspecified atom stereocenters. The Morgan fingerprint density at radius 3 is 2.55 bits per heavy atom. The third-order valence-electron chi connectivity index (χ3n) is 2.84. The van der Waals surface area contributed by atoms with Gasteiger partial charge in [0.05, 0.1) is 11.3 Å². The Labute approximate surface area is 116 Å². The van der Waals surface area contributed by atoms with Gasteiger partial charge in [-0.3, -0.25) is 14.6 Å². The first-order chi connectivity index (χ1) is 9.68. The number of carbonyl (C=O) groups excluding carboxylic acids is 2. The van der Waals surface area contributed by atoms with Gasteiger partial charge in [0, 0.05) is 24.7 Å². The molecule has 0 bridgehead atoms. The fraction of sp³-hybridized carbons (Fsp3) is 0.133. The van der Waals surface area contributed by atoms with Crippen LogP contribution in [-0.4, -0.2) is 23.3 Å². The third-order valence-corrected chi connectivity index (χ3v) is 2.84. The second kappa shape index (κ2) is 6.47. The SMILES string of the molecule is NC(=O)c1cccnc1CCNC(=O)c1ccccc1. The highest BCUT2D eigenvalue weighted by atomic mass is 16.2. The Kier molecular flexibility index (Phi) is 4.44. The minimum absolute atomic E-state index is 0.151. The first-order valence-electron chi connectivity index (χ1n) is 6.25. The number of hydrogen-bond acceptors (Lipinski definition) is 3. The highest BCUT2D eigenvalue weighted by Crippen LogP contribution is 2.05. The number of pyridine rings is 1. The molecule has 2 aromatic rings. The van der Waals surface area contributed by atoms with Gasteiger partial charge in [-0.1, -0.05) is 18.2 Å². The number of nitrogens with two attached hydrogens (primary N) is 1. The third kappa shape index (κ3) is 3.41. The molecule has 102 valence electrons. The van der Waals surface area contributed by atoms with E-state index >= 15 is 0 Å². The van der Waals surface area contributed by atoms with E-state index in [9.17, 15) is 9.59 Å². The van der Waals surface area contributed by atoms with E-state index in [1.807, 2.05) is 6.07 Å². The van der Waals surface area contributed by atoms with Gasteiger partial charge in [-0.05, 0) is 24.3 Å². The van der Waals surface area contributed by atoms with Crippen molar-refractivity contribution in [1.29, 1.82) is 0 Å². The summed E-state index contributed by atoms with van der Waals surface area (Å²) in [5, 5.41) is 2.78. The van der Waals surface area contributed by atoms with E-state index in [0.29, 0.717) is 29.8 Å². The van der Waals surface area contributed by atoms with Gasteiger partial charge >= 0.3 is 0 Å². The molecule has 20 heavy (non-hydrogen) atoms. The van der Waals surface area contributed by atoms with Gasteiger partial charge in [0.15, 0.2) is 0 Å². The molecule has 1 aromatic heterocycles. The topological polar surface area (TPSA) is 85.1 Å². The van der Waals surface area contributed by atoms with E-state index in [1.54, 1.807) is 42.6 Å². The van der Waals surface area contributed by atoms with Crippen molar-refractivity contribution in [1.82, 2.24) is 10.3 Å². The summed E-state index contributed by atoms with van der Waals surface area (Å²) in [6.07, 6.45) is 2.05. The number of benzene rings is 1. The summed E-state index contributed by atoms with van der Waals surface area (Å²) in [4.78, 5) is 27.2. The Morgan fingerprint density at radius 1 is 1.10 bits per heavy atom. The number of hydrogen-bond donors (Lipinski definition) is 2. The molecule has 5 nitrogen and oxygen atoms in total. The standard InChI is InChI=1S/C15H15N3O2/c16-14(19)12-7-4-9-17-13(12)8-10-18-15(20)11-5-2-1-3-6-11/h1-7,9H,8,10H2,(H2,16,19)(H,18,20). The zero-order valence-corrected chi connectivity index (χ0v) is 10.9. The second-order valence-corrected chi connectivity index (χ2v) is 4.23. The van der Waals surface area contributed by atoms with E-state index in [0.717, 1.165) is 0 Å². The average Bonchev–Trinajstić information content (AvgIpc) is 2.48. The van der Waals surface area contributed by atoms with Crippen molar-refractivity contribution in [3.63, 3.8) is 0 Å². The maximum Gasteiger partial charge on any atom is 0.251 e. The molecular weight excluding hydrogens is 254 g/mol. The quantitative estimate of drug-likeness (QED) is 0.854. The molecule has 0 aliphatic rings. The van der Waals surface area contributed by atoms with Crippen LogP contribution in [0.5, 0.6) is 0 Å². The van der Waals surface area contributed by atoms with Crippen molar-refractivity contribution >= 4 is 11.8 Å². The molecule has 0 atom stereocenters. The lowest BCUT2D eigenvalue weighted by molar-refractivity contribution is 0.0953. The lowest BCUT2D eigenvalue weighted by Gasteiger charge is -2.07. The summed E-state index contributed by atoms with van der Waals surface area (Å²) in [6, 6.07) is 12.2. The lowest BCUT2D eigenvalue weighted by atomic mass is 10.1. The summed E-state index contributed by atoms with van der Waals surface area (Å²) < 4.78 is 0. The molecule has 0 saturated heterocycles. The molecule has 0 fully saturated rings. The van der Waals surface area contributed by atoms with Crippen LogP contribution in [0.1, 0.15) is 26.4 Å². The van der Waals surface area contributed by atoms with Crippen molar-refractivity contribution in [2.45, 2.75) is 6.42 Å². The van der Waals surface area contributed by atoms with Crippen LogP contribution >= 0.6 is 0 Å². The zero-order chi connectivity index (χ0) is 14.4. The molecule has 3 N–H and O–H groups in total. The molecule has 0 aliphatic heterocycles. The van der Waals surface area contributed by atoms with Crippen LogP contribution in [0.25, 0.3) is 0 Å². The lowest BCUT2D eigenvalue weighted by Crippen LogP contribution is -2.26. The van der Waals surface area contributed by atoms with Crippen LogP contribution in [0.15, 0.2) is 48.7 Å². The van der Waals surface area contributed by atoms with Crippen molar-refractivity contribution in [2.24, 2.45) is 5.73 Å². The van der Waals surface area contributed by atoms with Crippen molar-refractivity contribution in [2.75, 3.05) is 6.54 Å². The summed E-state index contributed by atoms with van der Waals surface area (Å²) in [5.74, 6) is -0.662. The van der Waals surface area contributed by atoms with E-state index in [2.05, 4.69) is 10.3 Å². The minimum atomic E-state index is -0.512. The van der Waals surface area contributed by atoms with Gasteiger partial charge in [-0.2, -0.15) is 0 Å². The smallest absolute Gasteiger partial charge is 0.251 e. The van der Waals surface area contributed by atoms with Crippen LogP contribution < -0.4 is 11.1 Å². The Bertz CT molecular complexity index is 612. The van der Waals surface area contributed by atoms with E-state index in [1.165, 1.54) is 0 Å². The van der Waals surface area contributed by atoms with Gasteiger partial charge in [0.1, 0.15) is 0 Å². The van der Waals surface area contributed by atoms with E-state index in [4.69, 9.17) is 5.73 Å². The largest absolute Gasteiger partial charge is 0.366 e. The van der Waals surface area contributed by atoms with Crippen molar-refractivity contribution < 1.29 is 9.59 Å². The molecule has 0 saturated carbocycles. The summed E-state index contributed by atoms with van der Waals surface area (Å²) in [5.41, 5.74) is 6.85. The second-order valence-electron chi connectivity index (χ2n) is 4.23. The number of nitrogens with one attached hydrogen (secondary N) is 1. The van der Waals surface area contributed by atoms with Crippen LogP contribution in [0, 0.1) is 0 Å². The normalized spacial score (nSPS) is 10.0. The molecule has 0 aliphatic carbocycles. The fourth-order valence-corrected chi connectivity index (χ4v) is 1.85. The Morgan fingerprint density at radius 2 is 1.85 bits per heavy atom. The zero-order valence-electron chi connectivity index (χ0n) is 10.9. The molecule has 2 amide bonds. The predicted molar refractivity (Wildman–Crippen MR) is 75.2 cm³/mol. The van der Waals surface area contributed by atoms with Crippen molar-refractivity contribution in [3.8, 4) is 0 Å². The number of primary amides is 1. The van der Waals surface area contributed by atoms with Gasteiger partial charge < -0.3 is 11.1 Å². The van der Waals surface area contributed by atoms with Crippen LogP contribution in [-0.2, 0) is 6.42 Å². The number of nitrogens with zero attached hydrogens (tertiary/aromatic N) is 1. The van der Waals surface area contributed by atoms with Crippen LogP contribution in [0.4, 0.5) is 0 Å². The first kappa shape index (κ1) is 13.7. The molecule has 0 radical (unpaired) electrons. The monoisotopic (exact) mass is 269 g/mol. The predicted octanol–water partition coefficient (Wildman–Crippen LogP) is 1.15. The van der Waals surface area contributed by atoms with Crippen LogP contribution in [0.2, 0.25) is 0 Å². The molecule has 0 spiro atoms. The van der Waals surface area contributed by atoms with Gasteiger partial charge in [-0.15, -0.1) is 0 Å². The fourth-order valence-electron chi connectivity index (χ4n) is 1.85. The molecular formula is C15H15N3O2. The van der Waals surface area contributed by atoms with E-state index in [-0.39, 0.29) is 5.91 Å². The first-order valence-corrected chi connectivity index (χ1v) is 6.25. The maximum atomic E-state index is 11.8. The molecule has 1 heterocycles. The number of amides is 2. The Balaban J connectivity index is 1.94. The highest BCUT2D eigenvalue weighted by molar-refractivity contribution is 5.94. The average molecular weight is 269 g/mol. The summed E-state index contributed by atoms with van der Waals surface area (Å²) in [7, 11) is 0. The summed E-state index contributed by atoms with van der Waals surface area (Å²) in [6.45, 7) is 0.394. The highest BCUT2D eigenvalue weighted by Gasteiger charge is 2.09. The van der Waals surface area contributed by atoms with Gasteiger partial charge in [0.25, 0.3) is 11.8 Å². The maximum absolute atomic E-state index is 11.8. The van der Waals surface area contributed by atoms with Crippen LogP contribution in [0.3, 0.4) is 0 Å². The summed E-state index contributed by atoms with van der Waals surface area (Å²) >= 11 is 0. The number of rotatable bonds is 5. The minimum Gasteiger partial charge on any atom is -0.366 e. The van der Waals surface area contributed by atoms with Gasteiger partial charge in [0.2, 0.25) is 0 Å². The van der Waals surface area contributed by atoms with Gasteiger partial charge in [-0.25, -0.2) is 0 Å². The van der Waals surface area contributed by atoms with E-state index < -0.39 is 5.91 Å². The molecule has 2 rings (SSSR count). The Hall–Kier alpha value is -2.69. The number of carbonyl (C=O) groups is 2. The van der Waals surface area contributed by atoms with Crippen molar-refractivity contribution in [3.05, 3.63) is 65.5 Å². The number of aromatic nitrogens is 1.